The van der Waals surface area contributed by atoms with Crippen LogP contribution in [-0.4, -0.2) is 35.1 Å². The summed E-state index contributed by atoms with van der Waals surface area (Å²) in [6.45, 7) is 4.37. The first-order valence-electron chi connectivity index (χ1n) is 7.29. The average Bonchev–Trinajstić information content (AvgIpc) is 2.39. The molecule has 0 amide bonds. The van der Waals surface area contributed by atoms with Crippen molar-refractivity contribution < 1.29 is 9.90 Å². The van der Waals surface area contributed by atoms with Crippen LogP contribution >= 0.6 is 0 Å². The van der Waals surface area contributed by atoms with Crippen LogP contribution in [0.4, 0.5) is 0 Å². The Morgan fingerprint density at radius 2 is 2.28 bits per heavy atom. The molecule has 1 aliphatic carbocycles. The summed E-state index contributed by atoms with van der Waals surface area (Å²) in [7, 11) is 0. The van der Waals surface area contributed by atoms with Crippen LogP contribution in [0.25, 0.3) is 0 Å². The molecule has 0 aromatic rings. The molecule has 2 aliphatic rings. The Balaban J connectivity index is 1.89. The van der Waals surface area contributed by atoms with Crippen LogP contribution in [0.15, 0.2) is 12.2 Å². The second kappa shape index (κ2) is 6.37. The van der Waals surface area contributed by atoms with E-state index in [9.17, 15) is 4.79 Å². The molecule has 3 unspecified atom stereocenters. The third kappa shape index (κ3) is 3.58. The van der Waals surface area contributed by atoms with Gasteiger partial charge in [0, 0.05) is 19.0 Å². The molecule has 3 nitrogen and oxygen atoms in total. The van der Waals surface area contributed by atoms with Crippen molar-refractivity contribution in [3.8, 4) is 0 Å². The molecule has 0 aromatic heterocycles. The molecule has 2 rings (SSSR count). The predicted octanol–water partition coefficient (Wildman–Crippen LogP) is 2.92. The van der Waals surface area contributed by atoms with Gasteiger partial charge in [0.15, 0.2) is 0 Å². The minimum Gasteiger partial charge on any atom is -0.481 e. The zero-order valence-corrected chi connectivity index (χ0v) is 11.3. The summed E-state index contributed by atoms with van der Waals surface area (Å²) in [6.07, 6.45) is 11.2. The zero-order chi connectivity index (χ0) is 13.0. The van der Waals surface area contributed by atoms with Gasteiger partial charge < -0.3 is 5.11 Å². The van der Waals surface area contributed by atoms with Crippen molar-refractivity contribution in [2.75, 3.05) is 13.1 Å². The van der Waals surface area contributed by atoms with Gasteiger partial charge in [-0.25, -0.2) is 0 Å². The highest BCUT2D eigenvalue weighted by Crippen LogP contribution is 2.29. The van der Waals surface area contributed by atoms with E-state index in [1.165, 1.54) is 38.6 Å². The fourth-order valence-corrected chi connectivity index (χ4v) is 3.35. The smallest absolute Gasteiger partial charge is 0.303 e. The zero-order valence-electron chi connectivity index (χ0n) is 11.3. The number of allylic oxidation sites excluding steroid dienone is 1. The van der Waals surface area contributed by atoms with Crippen LogP contribution in [0.3, 0.4) is 0 Å². The highest BCUT2D eigenvalue weighted by molar-refractivity contribution is 5.67. The Hall–Kier alpha value is -0.830. The van der Waals surface area contributed by atoms with Gasteiger partial charge in [-0.3, -0.25) is 9.69 Å². The molecular formula is C15H25NO2. The topological polar surface area (TPSA) is 40.5 Å². The Bertz CT molecular complexity index is 314. The van der Waals surface area contributed by atoms with E-state index in [-0.39, 0.29) is 0 Å². The maximum absolute atomic E-state index is 10.8. The molecule has 0 radical (unpaired) electrons. The van der Waals surface area contributed by atoms with E-state index in [0.717, 1.165) is 6.54 Å². The van der Waals surface area contributed by atoms with E-state index < -0.39 is 5.97 Å². The van der Waals surface area contributed by atoms with Gasteiger partial charge in [-0.15, -0.1) is 0 Å². The number of nitrogens with zero attached hydrogens (tertiary/aromatic N) is 1. The van der Waals surface area contributed by atoms with Gasteiger partial charge in [-0.2, -0.15) is 0 Å². The lowest BCUT2D eigenvalue weighted by Gasteiger charge is -2.40. The summed E-state index contributed by atoms with van der Waals surface area (Å²) in [5.74, 6) is 0.209. The third-order valence-corrected chi connectivity index (χ3v) is 4.49. The number of carboxylic acids is 1. The van der Waals surface area contributed by atoms with Crippen molar-refractivity contribution >= 4 is 5.97 Å². The van der Waals surface area contributed by atoms with Crippen molar-refractivity contribution in [2.45, 2.75) is 51.5 Å². The number of hydrogen-bond donors (Lipinski definition) is 1. The second-order valence-corrected chi connectivity index (χ2v) is 5.90. The number of piperidine rings is 1. The Labute approximate surface area is 110 Å². The average molecular weight is 251 g/mol. The first-order chi connectivity index (χ1) is 8.66. The quantitative estimate of drug-likeness (QED) is 0.781. The van der Waals surface area contributed by atoms with Crippen molar-refractivity contribution in [1.29, 1.82) is 0 Å². The molecule has 1 fully saturated rings. The Morgan fingerprint density at radius 1 is 1.44 bits per heavy atom. The molecule has 0 bridgehead atoms. The number of hydrogen-bond acceptors (Lipinski definition) is 2. The molecule has 3 atom stereocenters. The molecule has 0 saturated carbocycles. The summed E-state index contributed by atoms with van der Waals surface area (Å²) in [5.41, 5.74) is 0. The fraction of sp³-hybridized carbons (Fsp3) is 0.800. The van der Waals surface area contributed by atoms with Crippen molar-refractivity contribution in [2.24, 2.45) is 11.8 Å². The van der Waals surface area contributed by atoms with Gasteiger partial charge >= 0.3 is 5.97 Å². The molecule has 1 aliphatic heterocycles. The first-order valence-corrected chi connectivity index (χ1v) is 7.29. The van der Waals surface area contributed by atoms with Gasteiger partial charge in [0.1, 0.15) is 0 Å². The predicted molar refractivity (Wildman–Crippen MR) is 72.5 cm³/mol. The van der Waals surface area contributed by atoms with E-state index in [0.29, 0.717) is 24.3 Å². The van der Waals surface area contributed by atoms with Crippen molar-refractivity contribution in [3.05, 3.63) is 12.2 Å². The molecule has 0 aromatic carbocycles. The number of likely N-dealkylation sites (tertiary alicyclic amines) is 1. The molecule has 18 heavy (non-hydrogen) atoms. The maximum atomic E-state index is 10.8. The van der Waals surface area contributed by atoms with Crippen LogP contribution in [-0.2, 0) is 4.79 Å². The molecule has 102 valence electrons. The Kier molecular flexibility index (Phi) is 4.81. The lowest BCUT2D eigenvalue weighted by molar-refractivity contribution is -0.138. The summed E-state index contributed by atoms with van der Waals surface area (Å²) in [5, 5.41) is 8.90. The lowest BCUT2D eigenvalue weighted by atomic mass is 9.83. The maximum Gasteiger partial charge on any atom is 0.303 e. The number of carbonyl (C=O) groups is 1. The number of carboxylic acid groups (broad SMARTS) is 1. The molecule has 1 saturated heterocycles. The van der Waals surface area contributed by atoms with E-state index >= 15 is 0 Å². The van der Waals surface area contributed by atoms with E-state index in [2.05, 4.69) is 24.0 Å². The van der Waals surface area contributed by atoms with Gasteiger partial charge in [-0.05, 0) is 50.5 Å². The highest BCUT2D eigenvalue weighted by atomic mass is 16.4. The largest absolute Gasteiger partial charge is 0.481 e. The van der Waals surface area contributed by atoms with E-state index in [1.54, 1.807) is 0 Å². The molecular weight excluding hydrogens is 226 g/mol. The molecule has 1 heterocycles. The van der Waals surface area contributed by atoms with Gasteiger partial charge in [0.2, 0.25) is 0 Å². The van der Waals surface area contributed by atoms with E-state index in [4.69, 9.17) is 5.11 Å². The lowest BCUT2D eigenvalue weighted by Crippen LogP contribution is -2.44. The summed E-state index contributed by atoms with van der Waals surface area (Å²) in [4.78, 5) is 13.4. The van der Waals surface area contributed by atoms with Crippen LogP contribution in [0.5, 0.6) is 0 Å². The molecule has 3 heteroatoms. The van der Waals surface area contributed by atoms with Crippen LogP contribution in [0, 0.1) is 11.8 Å². The van der Waals surface area contributed by atoms with Gasteiger partial charge in [0.05, 0.1) is 0 Å². The summed E-state index contributed by atoms with van der Waals surface area (Å²) >= 11 is 0. The van der Waals surface area contributed by atoms with Crippen LogP contribution in [0.1, 0.15) is 45.4 Å². The van der Waals surface area contributed by atoms with Gasteiger partial charge in [-0.1, -0.05) is 19.1 Å². The molecule has 1 N–H and O–H groups in total. The SMILES string of the molecule is CC(CC(=O)O)C1CCCN(C2C=CCCC2)C1. The fourth-order valence-electron chi connectivity index (χ4n) is 3.35. The summed E-state index contributed by atoms with van der Waals surface area (Å²) in [6, 6.07) is 0.610. The first kappa shape index (κ1) is 13.6. The molecule has 0 spiro atoms. The minimum atomic E-state index is -0.655. The Morgan fingerprint density at radius 3 is 2.94 bits per heavy atom. The van der Waals surface area contributed by atoms with Crippen LogP contribution < -0.4 is 0 Å². The standard InChI is InChI=1S/C15H25NO2/c1-12(10-15(17)18)13-6-5-9-16(11-13)14-7-3-2-4-8-14/h3,7,12-14H,2,4-6,8-11H2,1H3,(H,17,18). The highest BCUT2D eigenvalue weighted by Gasteiger charge is 2.29. The number of aliphatic carboxylic acids is 1. The summed E-state index contributed by atoms with van der Waals surface area (Å²) < 4.78 is 0. The number of rotatable bonds is 4. The normalized spacial score (nSPS) is 31.2. The third-order valence-electron chi connectivity index (χ3n) is 4.49. The van der Waals surface area contributed by atoms with Crippen molar-refractivity contribution in [1.82, 2.24) is 4.90 Å². The van der Waals surface area contributed by atoms with Crippen molar-refractivity contribution in [3.63, 3.8) is 0 Å². The monoisotopic (exact) mass is 251 g/mol. The van der Waals surface area contributed by atoms with E-state index in [1.807, 2.05) is 0 Å². The second-order valence-electron chi connectivity index (χ2n) is 5.90. The van der Waals surface area contributed by atoms with Crippen LogP contribution in [0.2, 0.25) is 0 Å². The van der Waals surface area contributed by atoms with Gasteiger partial charge in [0.25, 0.3) is 0 Å². The minimum absolute atomic E-state index is 0.304.